The van der Waals surface area contributed by atoms with E-state index in [4.69, 9.17) is 5.73 Å². The topological polar surface area (TPSA) is 138 Å². The third kappa shape index (κ3) is 2.81. The average Bonchev–Trinajstić information content (AvgIpc) is 2.94. The number of phenols is 1. The first-order valence-corrected chi connectivity index (χ1v) is 7.94. The predicted octanol–water partition coefficient (Wildman–Crippen LogP) is 1.17. The van der Waals surface area contributed by atoms with Crippen molar-refractivity contribution in [2.24, 2.45) is 5.73 Å². The van der Waals surface area contributed by atoms with Gasteiger partial charge in [0, 0.05) is 11.6 Å². The Bertz CT molecular complexity index is 1010. The summed E-state index contributed by atoms with van der Waals surface area (Å²) in [7, 11) is -3.96. The van der Waals surface area contributed by atoms with Crippen LogP contribution in [-0.4, -0.2) is 29.4 Å². The van der Waals surface area contributed by atoms with Crippen LogP contribution in [0.2, 0.25) is 0 Å². The number of hydrogen-bond acceptors (Lipinski definition) is 5. The zero-order valence-corrected chi connectivity index (χ0v) is 12.5. The molecule has 0 bridgehead atoms. The van der Waals surface area contributed by atoms with Gasteiger partial charge in [-0.25, -0.2) is 13.4 Å². The molecule has 0 aliphatic heterocycles. The molecule has 8 nitrogen and oxygen atoms in total. The molecule has 0 radical (unpaired) electrons. The quantitative estimate of drug-likeness (QED) is 0.568. The number of fused-ring (bicyclic) bond motifs is 1. The van der Waals surface area contributed by atoms with E-state index in [1.165, 1.54) is 12.3 Å². The maximum Gasteiger partial charge on any atom is 0.261 e. The molecule has 0 aliphatic carbocycles. The number of H-pyrrole nitrogens is 1. The number of sulfonamides is 1. The van der Waals surface area contributed by atoms with Gasteiger partial charge < -0.3 is 15.8 Å². The Kier molecular flexibility index (Phi) is 3.41. The highest BCUT2D eigenvalue weighted by Gasteiger charge is 2.18. The maximum atomic E-state index is 12.4. The number of pyridine rings is 1. The lowest BCUT2D eigenvalue weighted by atomic mass is 10.2. The third-order valence-electron chi connectivity index (χ3n) is 3.20. The molecule has 5 N–H and O–H groups in total. The SMILES string of the molecule is NC(=O)c1cc(S(=O)(=O)Nc2cnc3[nH]ccc3c2)ccc1O. The summed E-state index contributed by atoms with van der Waals surface area (Å²) in [6.45, 7) is 0. The molecule has 1 aromatic carbocycles. The van der Waals surface area contributed by atoms with Crippen molar-refractivity contribution in [2.45, 2.75) is 4.90 Å². The first kappa shape index (κ1) is 14.9. The summed E-state index contributed by atoms with van der Waals surface area (Å²) in [6.07, 6.45) is 3.06. The second-order valence-electron chi connectivity index (χ2n) is 4.79. The van der Waals surface area contributed by atoms with Gasteiger partial charge in [-0.2, -0.15) is 0 Å². The monoisotopic (exact) mass is 332 g/mol. The Labute approximate surface area is 131 Å². The minimum atomic E-state index is -3.96. The number of hydrogen-bond donors (Lipinski definition) is 4. The molecule has 2 heterocycles. The maximum absolute atomic E-state index is 12.4. The van der Waals surface area contributed by atoms with Crippen molar-refractivity contribution >= 4 is 32.7 Å². The largest absolute Gasteiger partial charge is 0.507 e. The number of primary amides is 1. The fourth-order valence-electron chi connectivity index (χ4n) is 2.09. The number of rotatable bonds is 4. The van der Waals surface area contributed by atoms with Crippen molar-refractivity contribution in [3.05, 3.63) is 48.3 Å². The van der Waals surface area contributed by atoms with Gasteiger partial charge in [0.2, 0.25) is 0 Å². The van der Waals surface area contributed by atoms with E-state index in [0.717, 1.165) is 17.5 Å². The molecule has 2 aromatic heterocycles. The number of aromatic amines is 1. The second kappa shape index (κ2) is 5.29. The third-order valence-corrected chi connectivity index (χ3v) is 4.58. The van der Waals surface area contributed by atoms with Crippen LogP contribution in [0.5, 0.6) is 5.75 Å². The van der Waals surface area contributed by atoms with Gasteiger partial charge in [0.05, 0.1) is 22.3 Å². The van der Waals surface area contributed by atoms with Gasteiger partial charge in [-0.05, 0) is 30.3 Å². The Morgan fingerprint density at radius 2 is 2.04 bits per heavy atom. The number of amides is 1. The van der Waals surface area contributed by atoms with Crippen LogP contribution < -0.4 is 10.5 Å². The zero-order chi connectivity index (χ0) is 16.6. The lowest BCUT2D eigenvalue weighted by Gasteiger charge is -2.09. The van der Waals surface area contributed by atoms with Gasteiger partial charge in [0.15, 0.2) is 0 Å². The molecule has 0 spiro atoms. The number of anilines is 1. The van der Waals surface area contributed by atoms with Crippen LogP contribution in [0.1, 0.15) is 10.4 Å². The number of nitrogens with one attached hydrogen (secondary N) is 2. The minimum absolute atomic E-state index is 0.196. The molecule has 23 heavy (non-hydrogen) atoms. The van der Waals surface area contributed by atoms with Crippen molar-refractivity contribution in [3.8, 4) is 5.75 Å². The van der Waals surface area contributed by atoms with Crippen molar-refractivity contribution in [3.63, 3.8) is 0 Å². The normalized spacial score (nSPS) is 11.5. The van der Waals surface area contributed by atoms with E-state index < -0.39 is 15.9 Å². The Hall–Kier alpha value is -3.07. The van der Waals surface area contributed by atoms with Gasteiger partial charge in [0.25, 0.3) is 15.9 Å². The smallest absolute Gasteiger partial charge is 0.261 e. The fourth-order valence-corrected chi connectivity index (χ4v) is 3.15. The predicted molar refractivity (Wildman–Crippen MR) is 83.5 cm³/mol. The summed E-state index contributed by atoms with van der Waals surface area (Å²) in [5.74, 6) is -1.30. The van der Waals surface area contributed by atoms with Crippen LogP contribution in [0.15, 0.2) is 47.6 Å². The first-order chi connectivity index (χ1) is 10.9. The number of carbonyl (C=O) groups is 1. The molecule has 0 saturated carbocycles. The molecule has 3 rings (SSSR count). The van der Waals surface area contributed by atoms with Gasteiger partial charge in [-0.15, -0.1) is 0 Å². The number of nitrogens with two attached hydrogens (primary N) is 1. The molecule has 0 saturated heterocycles. The van der Waals surface area contributed by atoms with Crippen LogP contribution in [0, 0.1) is 0 Å². The highest BCUT2D eigenvalue weighted by Crippen LogP contribution is 2.23. The van der Waals surface area contributed by atoms with Crippen LogP contribution in [0.25, 0.3) is 11.0 Å². The molecular weight excluding hydrogens is 320 g/mol. The van der Waals surface area contributed by atoms with E-state index in [2.05, 4.69) is 14.7 Å². The van der Waals surface area contributed by atoms with E-state index in [1.54, 1.807) is 18.3 Å². The Balaban J connectivity index is 1.98. The van der Waals surface area contributed by atoms with Gasteiger partial charge >= 0.3 is 0 Å². The Morgan fingerprint density at radius 3 is 2.78 bits per heavy atom. The van der Waals surface area contributed by atoms with E-state index in [1.807, 2.05) is 0 Å². The van der Waals surface area contributed by atoms with Crippen molar-refractivity contribution in [2.75, 3.05) is 4.72 Å². The van der Waals surface area contributed by atoms with Gasteiger partial charge in [-0.1, -0.05) is 0 Å². The minimum Gasteiger partial charge on any atom is -0.507 e. The summed E-state index contributed by atoms with van der Waals surface area (Å²) in [6, 6.07) is 6.66. The van der Waals surface area contributed by atoms with Crippen molar-refractivity contribution in [1.29, 1.82) is 0 Å². The molecule has 3 aromatic rings. The number of aromatic nitrogens is 2. The van der Waals surface area contributed by atoms with E-state index in [-0.39, 0.29) is 21.9 Å². The van der Waals surface area contributed by atoms with Crippen molar-refractivity contribution < 1.29 is 18.3 Å². The van der Waals surface area contributed by atoms with Crippen LogP contribution >= 0.6 is 0 Å². The lowest BCUT2D eigenvalue weighted by molar-refractivity contribution is 0.0997. The molecule has 0 unspecified atom stereocenters. The van der Waals surface area contributed by atoms with Crippen LogP contribution in [-0.2, 0) is 10.0 Å². The van der Waals surface area contributed by atoms with Crippen LogP contribution in [0.3, 0.4) is 0 Å². The van der Waals surface area contributed by atoms with Crippen molar-refractivity contribution in [1.82, 2.24) is 9.97 Å². The molecule has 0 aliphatic rings. The standard InChI is InChI=1S/C14H12N4O4S/c15-13(20)11-6-10(1-2-12(11)19)23(21,22)18-9-5-8-3-4-16-14(8)17-7-9/h1-7,18-19H,(H2,15,20)(H,16,17). The zero-order valence-electron chi connectivity index (χ0n) is 11.6. The molecular formula is C14H12N4O4S. The lowest BCUT2D eigenvalue weighted by Crippen LogP contribution is -2.16. The van der Waals surface area contributed by atoms with Gasteiger partial charge in [-0.3, -0.25) is 9.52 Å². The molecule has 9 heteroatoms. The number of aromatic hydroxyl groups is 1. The summed E-state index contributed by atoms with van der Waals surface area (Å²) in [4.78, 5) is 18.0. The summed E-state index contributed by atoms with van der Waals surface area (Å²) >= 11 is 0. The highest BCUT2D eigenvalue weighted by atomic mass is 32.2. The highest BCUT2D eigenvalue weighted by molar-refractivity contribution is 7.92. The first-order valence-electron chi connectivity index (χ1n) is 6.45. The fraction of sp³-hybridized carbons (Fsp3) is 0. The average molecular weight is 332 g/mol. The van der Waals surface area contributed by atoms with Crippen LogP contribution in [0.4, 0.5) is 5.69 Å². The van der Waals surface area contributed by atoms with E-state index in [0.29, 0.717) is 5.65 Å². The summed E-state index contributed by atoms with van der Waals surface area (Å²) in [5.41, 5.74) is 5.73. The number of nitrogens with zero attached hydrogens (tertiary/aromatic N) is 1. The Morgan fingerprint density at radius 1 is 1.26 bits per heavy atom. The molecule has 118 valence electrons. The summed E-state index contributed by atoms with van der Waals surface area (Å²) < 4.78 is 27.1. The van der Waals surface area contributed by atoms with Gasteiger partial charge in [0.1, 0.15) is 11.4 Å². The second-order valence-corrected chi connectivity index (χ2v) is 6.47. The molecule has 1 amide bonds. The number of benzene rings is 1. The molecule has 0 atom stereocenters. The number of carbonyl (C=O) groups excluding carboxylic acids is 1. The molecule has 0 fully saturated rings. The van der Waals surface area contributed by atoms with E-state index >= 15 is 0 Å². The van der Waals surface area contributed by atoms with E-state index in [9.17, 15) is 18.3 Å². The summed E-state index contributed by atoms with van der Waals surface area (Å²) in [5, 5.41) is 10.3.